The van der Waals surface area contributed by atoms with E-state index in [0.29, 0.717) is 44.3 Å². The zero-order valence-electron chi connectivity index (χ0n) is 19.3. The minimum atomic E-state index is -0.401. The predicted octanol–water partition coefficient (Wildman–Crippen LogP) is 4.20. The summed E-state index contributed by atoms with van der Waals surface area (Å²) < 4.78 is 18.8. The maximum Gasteiger partial charge on any atom is 0.227 e. The number of para-hydroxylation sites is 1. The smallest absolute Gasteiger partial charge is 0.227 e. The molecule has 32 heavy (non-hydrogen) atoms. The van der Waals surface area contributed by atoms with Gasteiger partial charge in [0, 0.05) is 26.7 Å². The van der Waals surface area contributed by atoms with Crippen molar-refractivity contribution in [3.8, 4) is 23.1 Å². The van der Waals surface area contributed by atoms with Crippen LogP contribution in [0.1, 0.15) is 24.6 Å². The standard InChI is InChI=1S/C25H33N3O4/c1-5-21(29)17-27(15-16-30-3)18-24-19(2)26-28(20-9-7-6-8-10-20)25(24)32-23-13-11-22(31-4)12-14-23/h6-14,21,29H,5,15-18H2,1-4H3. The highest BCUT2D eigenvalue weighted by molar-refractivity contribution is 5.44. The number of aryl methyl sites for hydroxylation is 1. The number of hydrogen-bond acceptors (Lipinski definition) is 6. The van der Waals surface area contributed by atoms with Crippen molar-refractivity contribution in [1.82, 2.24) is 14.7 Å². The maximum atomic E-state index is 10.3. The number of benzene rings is 2. The summed E-state index contributed by atoms with van der Waals surface area (Å²) in [5.74, 6) is 2.12. The lowest BCUT2D eigenvalue weighted by atomic mass is 10.2. The van der Waals surface area contributed by atoms with Crippen LogP contribution in [-0.2, 0) is 11.3 Å². The van der Waals surface area contributed by atoms with Crippen molar-refractivity contribution in [2.45, 2.75) is 32.9 Å². The molecule has 1 unspecified atom stereocenters. The van der Waals surface area contributed by atoms with E-state index in [4.69, 9.17) is 19.3 Å². The second-order valence-corrected chi connectivity index (χ2v) is 7.68. The third kappa shape index (κ3) is 6.09. The molecule has 0 aliphatic rings. The molecule has 1 N–H and O–H groups in total. The zero-order chi connectivity index (χ0) is 22.9. The van der Waals surface area contributed by atoms with Crippen molar-refractivity contribution in [3.63, 3.8) is 0 Å². The zero-order valence-corrected chi connectivity index (χ0v) is 19.3. The molecule has 3 aromatic rings. The molecule has 2 aromatic carbocycles. The number of aliphatic hydroxyl groups excluding tert-OH is 1. The van der Waals surface area contributed by atoms with Gasteiger partial charge in [0.2, 0.25) is 5.88 Å². The Morgan fingerprint density at radius 3 is 2.34 bits per heavy atom. The molecule has 7 heteroatoms. The first-order valence-corrected chi connectivity index (χ1v) is 10.9. The minimum Gasteiger partial charge on any atom is -0.497 e. The molecule has 3 rings (SSSR count). The van der Waals surface area contributed by atoms with Gasteiger partial charge in [0.1, 0.15) is 11.5 Å². The van der Waals surface area contributed by atoms with Crippen LogP contribution in [0, 0.1) is 6.92 Å². The van der Waals surface area contributed by atoms with E-state index >= 15 is 0 Å². The van der Waals surface area contributed by atoms with E-state index in [2.05, 4.69) is 4.90 Å². The van der Waals surface area contributed by atoms with Gasteiger partial charge in [-0.3, -0.25) is 4.90 Å². The summed E-state index contributed by atoms with van der Waals surface area (Å²) in [4.78, 5) is 2.18. The van der Waals surface area contributed by atoms with E-state index in [9.17, 15) is 5.11 Å². The highest BCUT2D eigenvalue weighted by Gasteiger charge is 2.22. The molecule has 0 saturated heterocycles. The van der Waals surface area contributed by atoms with E-state index in [-0.39, 0.29) is 0 Å². The monoisotopic (exact) mass is 439 g/mol. The van der Waals surface area contributed by atoms with Crippen LogP contribution in [0.2, 0.25) is 0 Å². The lowest BCUT2D eigenvalue weighted by Crippen LogP contribution is -2.34. The molecule has 0 fully saturated rings. The SMILES string of the molecule is CCC(O)CN(CCOC)Cc1c(C)nn(-c2ccccc2)c1Oc1ccc(OC)cc1. The summed E-state index contributed by atoms with van der Waals surface area (Å²) >= 11 is 0. The topological polar surface area (TPSA) is 69.0 Å². The van der Waals surface area contributed by atoms with E-state index in [1.165, 1.54) is 0 Å². The number of methoxy groups -OCH3 is 2. The van der Waals surface area contributed by atoms with Crippen LogP contribution >= 0.6 is 0 Å². The van der Waals surface area contributed by atoms with Crippen LogP contribution in [0.15, 0.2) is 54.6 Å². The molecule has 172 valence electrons. The van der Waals surface area contributed by atoms with Crippen molar-refractivity contribution in [1.29, 1.82) is 0 Å². The Hall–Kier alpha value is -2.87. The van der Waals surface area contributed by atoms with Crippen molar-refractivity contribution in [2.24, 2.45) is 0 Å². The molecule has 1 heterocycles. The Kier molecular flexibility index (Phi) is 8.67. The van der Waals surface area contributed by atoms with Crippen LogP contribution < -0.4 is 9.47 Å². The number of aliphatic hydroxyl groups is 1. The van der Waals surface area contributed by atoms with Gasteiger partial charge in [-0.2, -0.15) is 5.10 Å². The van der Waals surface area contributed by atoms with E-state index < -0.39 is 6.10 Å². The fourth-order valence-corrected chi connectivity index (χ4v) is 3.43. The first-order valence-electron chi connectivity index (χ1n) is 10.9. The Labute approximate surface area is 190 Å². The van der Waals surface area contributed by atoms with E-state index in [0.717, 1.165) is 22.7 Å². The van der Waals surface area contributed by atoms with E-state index in [1.807, 2.05) is 73.1 Å². The Morgan fingerprint density at radius 2 is 1.72 bits per heavy atom. The number of ether oxygens (including phenoxy) is 3. The first-order chi connectivity index (χ1) is 15.5. The van der Waals surface area contributed by atoms with Crippen molar-refractivity contribution in [3.05, 3.63) is 65.9 Å². The van der Waals surface area contributed by atoms with Crippen molar-refractivity contribution >= 4 is 0 Å². The van der Waals surface area contributed by atoms with Crippen LogP contribution in [0.5, 0.6) is 17.4 Å². The second kappa shape index (κ2) is 11.7. The third-order valence-electron chi connectivity index (χ3n) is 5.35. The minimum absolute atomic E-state index is 0.401. The predicted molar refractivity (Wildman–Crippen MR) is 125 cm³/mol. The molecule has 0 aliphatic carbocycles. The Balaban J connectivity index is 1.98. The van der Waals surface area contributed by atoms with Crippen LogP contribution in [0.3, 0.4) is 0 Å². The molecule has 0 amide bonds. The highest BCUT2D eigenvalue weighted by atomic mass is 16.5. The highest BCUT2D eigenvalue weighted by Crippen LogP contribution is 2.32. The van der Waals surface area contributed by atoms with Gasteiger partial charge in [0.15, 0.2) is 0 Å². The van der Waals surface area contributed by atoms with Crippen molar-refractivity contribution < 1.29 is 19.3 Å². The molecule has 0 spiro atoms. The van der Waals surface area contributed by atoms with Crippen LogP contribution in [-0.4, -0.2) is 59.8 Å². The van der Waals surface area contributed by atoms with Gasteiger partial charge in [-0.25, -0.2) is 4.68 Å². The molecule has 0 bridgehead atoms. The van der Waals surface area contributed by atoms with Gasteiger partial charge in [-0.15, -0.1) is 0 Å². The summed E-state index contributed by atoms with van der Waals surface area (Å²) in [5, 5.41) is 15.1. The quantitative estimate of drug-likeness (QED) is 0.456. The van der Waals surface area contributed by atoms with Gasteiger partial charge in [-0.1, -0.05) is 25.1 Å². The number of nitrogens with zero attached hydrogens (tertiary/aromatic N) is 3. The third-order valence-corrected chi connectivity index (χ3v) is 5.35. The maximum absolute atomic E-state index is 10.3. The fourth-order valence-electron chi connectivity index (χ4n) is 3.43. The summed E-state index contributed by atoms with van der Waals surface area (Å²) in [7, 11) is 3.33. The van der Waals surface area contributed by atoms with Crippen molar-refractivity contribution in [2.75, 3.05) is 33.9 Å². The summed E-state index contributed by atoms with van der Waals surface area (Å²) in [5.41, 5.74) is 2.78. The largest absolute Gasteiger partial charge is 0.497 e. The molecule has 0 saturated carbocycles. The molecule has 7 nitrogen and oxygen atoms in total. The summed E-state index contributed by atoms with van der Waals surface area (Å²) in [6.45, 7) is 6.39. The molecular formula is C25H33N3O4. The number of hydrogen-bond donors (Lipinski definition) is 1. The van der Waals surface area contributed by atoms with Gasteiger partial charge in [0.25, 0.3) is 0 Å². The van der Waals surface area contributed by atoms with Crippen LogP contribution in [0.25, 0.3) is 5.69 Å². The lowest BCUT2D eigenvalue weighted by Gasteiger charge is -2.24. The van der Waals surface area contributed by atoms with Gasteiger partial charge >= 0.3 is 0 Å². The fraction of sp³-hybridized carbons (Fsp3) is 0.400. The second-order valence-electron chi connectivity index (χ2n) is 7.68. The molecular weight excluding hydrogens is 406 g/mol. The molecule has 0 radical (unpaired) electrons. The molecule has 1 aromatic heterocycles. The lowest BCUT2D eigenvalue weighted by molar-refractivity contribution is 0.0825. The van der Waals surface area contributed by atoms with Crippen LogP contribution in [0.4, 0.5) is 0 Å². The summed E-state index contributed by atoms with van der Waals surface area (Å²) in [6, 6.07) is 17.4. The average molecular weight is 440 g/mol. The Morgan fingerprint density at radius 1 is 1.03 bits per heavy atom. The van der Waals surface area contributed by atoms with Gasteiger partial charge in [-0.05, 0) is 49.7 Å². The van der Waals surface area contributed by atoms with Gasteiger partial charge in [0.05, 0.1) is 36.8 Å². The summed E-state index contributed by atoms with van der Waals surface area (Å²) in [6.07, 6.45) is 0.295. The Bertz CT molecular complexity index is 957. The number of rotatable bonds is 12. The molecule has 1 atom stereocenters. The average Bonchev–Trinajstić information content (AvgIpc) is 3.13. The number of aromatic nitrogens is 2. The first kappa shape index (κ1) is 23.8. The van der Waals surface area contributed by atoms with Gasteiger partial charge < -0.3 is 19.3 Å². The van der Waals surface area contributed by atoms with E-state index in [1.54, 1.807) is 14.2 Å². The normalized spacial score (nSPS) is 12.2. The molecule has 0 aliphatic heterocycles.